The highest BCUT2D eigenvalue weighted by atomic mass is 32.1. The Bertz CT molecular complexity index is 2210. The smallest absolute Gasteiger partial charge is 0.265 e. The summed E-state index contributed by atoms with van der Waals surface area (Å²) in [5, 5.41) is 11.1. The first-order chi connectivity index (χ1) is 25.3. The predicted octanol–water partition coefficient (Wildman–Crippen LogP) is 7.66. The average molecular weight is 729 g/mol. The average Bonchev–Trinajstić information content (AvgIpc) is 3.90. The Balaban J connectivity index is 0.984. The minimum atomic E-state index is -0.372. The van der Waals surface area contributed by atoms with E-state index in [9.17, 15) is 14.4 Å². The van der Waals surface area contributed by atoms with Crippen molar-refractivity contribution in [1.82, 2.24) is 24.8 Å². The molecule has 3 N–H and O–H groups in total. The molecule has 0 saturated carbocycles. The molecule has 7 rings (SSSR count). The maximum absolute atomic E-state index is 13.3. The van der Waals surface area contributed by atoms with E-state index >= 15 is 0 Å². The van der Waals surface area contributed by atoms with E-state index in [0.29, 0.717) is 44.7 Å². The van der Waals surface area contributed by atoms with Gasteiger partial charge in [-0.25, -0.2) is 9.97 Å². The Kier molecular flexibility index (Phi) is 10.4. The molecule has 1 aliphatic rings. The number of carbonyl (C=O) groups excluding carboxylic acids is 3. The number of amides is 3. The van der Waals surface area contributed by atoms with Gasteiger partial charge in [-0.05, 0) is 79.0 Å². The van der Waals surface area contributed by atoms with Crippen molar-refractivity contribution in [3.8, 4) is 21.0 Å². The molecule has 0 aliphatic carbocycles. The first-order valence-corrected chi connectivity index (χ1v) is 18.6. The molecule has 0 spiro atoms. The molecular formula is C39H36N8O3S2. The SMILES string of the molecule is CCN1CCN(C(=O)c2ccc(-c3ccnc(Nc4ccc(C)c(NC(=O)c5cncc(NC(=O)c6ccc(-c7cccs7)s6)c5)c4)n3)cc2)CC1. The molecule has 262 valence electrons. The van der Waals surface area contributed by atoms with Crippen LogP contribution in [0.25, 0.3) is 21.0 Å². The number of thiophene rings is 2. The fourth-order valence-corrected chi connectivity index (χ4v) is 7.54. The molecule has 5 heterocycles. The molecule has 1 aliphatic heterocycles. The zero-order chi connectivity index (χ0) is 36.0. The van der Waals surface area contributed by atoms with Crippen LogP contribution in [-0.4, -0.2) is 75.2 Å². The van der Waals surface area contributed by atoms with Gasteiger partial charge in [-0.1, -0.05) is 31.2 Å². The summed E-state index contributed by atoms with van der Waals surface area (Å²) in [6.45, 7) is 8.30. The lowest BCUT2D eigenvalue weighted by molar-refractivity contribution is 0.0643. The van der Waals surface area contributed by atoms with Gasteiger partial charge in [-0.3, -0.25) is 19.4 Å². The monoisotopic (exact) mass is 728 g/mol. The second-order valence-electron chi connectivity index (χ2n) is 12.2. The summed E-state index contributed by atoms with van der Waals surface area (Å²) >= 11 is 3.03. The van der Waals surface area contributed by atoms with Crippen LogP contribution in [-0.2, 0) is 0 Å². The fourth-order valence-electron chi connectivity index (χ4n) is 5.81. The van der Waals surface area contributed by atoms with Crippen molar-refractivity contribution in [2.75, 3.05) is 48.7 Å². The Hall–Kier alpha value is -5.76. The lowest BCUT2D eigenvalue weighted by atomic mass is 10.1. The summed E-state index contributed by atoms with van der Waals surface area (Å²) in [7, 11) is 0. The van der Waals surface area contributed by atoms with Crippen LogP contribution in [0.15, 0.2) is 103 Å². The first kappa shape index (κ1) is 34.7. The van der Waals surface area contributed by atoms with E-state index in [0.717, 1.165) is 53.6 Å². The summed E-state index contributed by atoms with van der Waals surface area (Å²) in [4.78, 5) is 59.6. The van der Waals surface area contributed by atoms with Crippen LogP contribution in [0.5, 0.6) is 0 Å². The molecule has 6 aromatic rings. The molecule has 1 fully saturated rings. The molecule has 11 nitrogen and oxygen atoms in total. The molecule has 0 bridgehead atoms. The number of likely N-dealkylation sites (N-methyl/N-ethyl adjacent to an activating group) is 1. The minimum Gasteiger partial charge on any atom is -0.336 e. The lowest BCUT2D eigenvalue weighted by Crippen LogP contribution is -2.48. The van der Waals surface area contributed by atoms with Crippen molar-refractivity contribution in [1.29, 1.82) is 0 Å². The van der Waals surface area contributed by atoms with Gasteiger partial charge in [0, 0.05) is 70.8 Å². The zero-order valence-electron chi connectivity index (χ0n) is 28.6. The van der Waals surface area contributed by atoms with E-state index in [2.05, 4.69) is 37.7 Å². The van der Waals surface area contributed by atoms with Gasteiger partial charge in [0.1, 0.15) is 0 Å². The number of hydrogen-bond acceptors (Lipinski definition) is 10. The highest BCUT2D eigenvalue weighted by Crippen LogP contribution is 2.32. The summed E-state index contributed by atoms with van der Waals surface area (Å²) in [6.07, 6.45) is 4.64. The number of piperazine rings is 1. The number of nitrogens with zero attached hydrogens (tertiary/aromatic N) is 5. The Labute approximate surface area is 309 Å². The number of pyridine rings is 1. The standard InChI is InChI=1S/C39H36N8O3S2/c1-3-46-16-18-47(19-17-46)38(50)27-9-7-26(8-10-27)31-14-15-41-39(45-31)43-29-11-6-25(2)32(22-29)44-36(48)28-21-30(24-40-23-28)42-37(49)35-13-12-34(52-35)33-5-4-20-51-33/h4-15,20-24H,3,16-19H2,1-2H3,(H,42,49)(H,44,48)(H,41,43,45). The second-order valence-corrected chi connectivity index (χ2v) is 14.3. The van der Waals surface area contributed by atoms with Gasteiger partial charge in [-0.15, -0.1) is 22.7 Å². The maximum atomic E-state index is 13.3. The van der Waals surface area contributed by atoms with Crippen LogP contribution in [0, 0.1) is 6.92 Å². The summed E-state index contributed by atoms with van der Waals surface area (Å²) in [5.41, 5.74) is 5.06. The zero-order valence-corrected chi connectivity index (χ0v) is 30.3. The topological polar surface area (TPSA) is 132 Å². The molecule has 0 radical (unpaired) electrons. The highest BCUT2D eigenvalue weighted by Gasteiger charge is 2.21. The highest BCUT2D eigenvalue weighted by molar-refractivity contribution is 7.22. The molecule has 0 atom stereocenters. The molecule has 13 heteroatoms. The number of hydrogen-bond donors (Lipinski definition) is 3. The van der Waals surface area contributed by atoms with Crippen LogP contribution in [0.3, 0.4) is 0 Å². The lowest BCUT2D eigenvalue weighted by Gasteiger charge is -2.34. The third kappa shape index (κ3) is 8.07. The Morgan fingerprint density at radius 2 is 1.63 bits per heavy atom. The van der Waals surface area contributed by atoms with Crippen LogP contribution >= 0.6 is 22.7 Å². The molecule has 0 unspecified atom stereocenters. The van der Waals surface area contributed by atoms with E-state index in [1.54, 1.807) is 29.7 Å². The van der Waals surface area contributed by atoms with Crippen molar-refractivity contribution in [2.24, 2.45) is 0 Å². The number of rotatable bonds is 10. The van der Waals surface area contributed by atoms with Gasteiger partial charge in [0.2, 0.25) is 5.95 Å². The van der Waals surface area contributed by atoms with Crippen LogP contribution in [0.1, 0.15) is 42.9 Å². The van der Waals surface area contributed by atoms with E-state index < -0.39 is 0 Å². The van der Waals surface area contributed by atoms with Gasteiger partial charge < -0.3 is 25.8 Å². The summed E-state index contributed by atoms with van der Waals surface area (Å²) in [6, 6.07) is 24.2. The molecule has 3 amide bonds. The predicted molar refractivity (Wildman–Crippen MR) is 208 cm³/mol. The quantitative estimate of drug-likeness (QED) is 0.131. The minimum absolute atomic E-state index is 0.0446. The molecule has 4 aromatic heterocycles. The third-order valence-corrected chi connectivity index (χ3v) is 10.9. The Morgan fingerprint density at radius 1 is 0.808 bits per heavy atom. The first-order valence-electron chi connectivity index (χ1n) is 16.9. The van der Waals surface area contributed by atoms with Gasteiger partial charge in [-0.2, -0.15) is 0 Å². The molecule has 52 heavy (non-hydrogen) atoms. The molecule has 1 saturated heterocycles. The van der Waals surface area contributed by atoms with Crippen molar-refractivity contribution >= 4 is 63.4 Å². The fraction of sp³-hybridized carbons (Fsp3) is 0.179. The number of carbonyl (C=O) groups is 3. The van der Waals surface area contributed by atoms with Gasteiger partial charge in [0.05, 0.1) is 28.0 Å². The van der Waals surface area contributed by atoms with Crippen LogP contribution in [0.4, 0.5) is 23.0 Å². The molecular weight excluding hydrogens is 693 g/mol. The van der Waals surface area contributed by atoms with Crippen molar-refractivity contribution in [2.45, 2.75) is 13.8 Å². The van der Waals surface area contributed by atoms with Crippen LogP contribution < -0.4 is 16.0 Å². The summed E-state index contributed by atoms with van der Waals surface area (Å²) in [5.74, 6) is -0.211. The maximum Gasteiger partial charge on any atom is 0.265 e. The van der Waals surface area contributed by atoms with Crippen molar-refractivity contribution < 1.29 is 14.4 Å². The second kappa shape index (κ2) is 15.6. The van der Waals surface area contributed by atoms with E-state index in [4.69, 9.17) is 4.98 Å². The number of benzene rings is 2. The summed E-state index contributed by atoms with van der Waals surface area (Å²) < 4.78 is 0. The van der Waals surface area contributed by atoms with Gasteiger partial charge in [0.25, 0.3) is 17.7 Å². The van der Waals surface area contributed by atoms with Crippen molar-refractivity contribution in [3.63, 3.8) is 0 Å². The number of anilines is 4. The van der Waals surface area contributed by atoms with Crippen LogP contribution in [0.2, 0.25) is 0 Å². The largest absolute Gasteiger partial charge is 0.336 e. The number of aryl methyl sites for hydroxylation is 1. The molecule has 2 aromatic carbocycles. The van der Waals surface area contributed by atoms with Gasteiger partial charge in [0.15, 0.2) is 0 Å². The number of aromatic nitrogens is 3. The van der Waals surface area contributed by atoms with E-state index in [1.165, 1.54) is 23.7 Å². The third-order valence-electron chi connectivity index (χ3n) is 8.78. The van der Waals surface area contributed by atoms with E-state index in [-0.39, 0.29) is 17.7 Å². The van der Waals surface area contributed by atoms with Gasteiger partial charge >= 0.3 is 0 Å². The normalized spacial score (nSPS) is 13.1. The van der Waals surface area contributed by atoms with Crippen molar-refractivity contribution in [3.05, 3.63) is 124 Å². The number of nitrogens with one attached hydrogen (secondary N) is 3. The Morgan fingerprint density at radius 3 is 2.40 bits per heavy atom. The van der Waals surface area contributed by atoms with E-state index in [1.807, 2.05) is 83.9 Å².